The fourth-order valence-electron chi connectivity index (χ4n) is 3.23. The highest BCUT2D eigenvalue weighted by Gasteiger charge is 2.11. The van der Waals surface area contributed by atoms with E-state index in [4.69, 9.17) is 4.74 Å². The summed E-state index contributed by atoms with van der Waals surface area (Å²) >= 11 is 0. The van der Waals surface area contributed by atoms with Gasteiger partial charge in [0.05, 0.1) is 0 Å². The molecule has 0 saturated carbocycles. The van der Waals surface area contributed by atoms with Gasteiger partial charge in [-0.05, 0) is 61.6 Å². The van der Waals surface area contributed by atoms with Gasteiger partial charge in [-0.1, -0.05) is 30.3 Å². The summed E-state index contributed by atoms with van der Waals surface area (Å²) in [6.45, 7) is 1.45. The van der Waals surface area contributed by atoms with E-state index in [1.54, 1.807) is 0 Å². The Hall–Kier alpha value is -3.11. The molecule has 0 aliphatic heterocycles. The second-order valence-electron chi connectivity index (χ2n) is 6.90. The first kappa shape index (κ1) is 17.3. The number of rotatable bonds is 6. The third-order valence-corrected chi connectivity index (χ3v) is 4.50. The van der Waals surface area contributed by atoms with Gasteiger partial charge in [0.15, 0.2) is 0 Å². The summed E-state index contributed by atoms with van der Waals surface area (Å²) in [5.74, 6) is 0.862. The Morgan fingerprint density at radius 3 is 2.44 bits per heavy atom. The maximum absolute atomic E-state index is 5.90. The number of benzene rings is 2. The van der Waals surface area contributed by atoms with Crippen LogP contribution in [-0.2, 0) is 13.2 Å². The van der Waals surface area contributed by atoms with E-state index in [1.165, 1.54) is 10.9 Å². The highest BCUT2D eigenvalue weighted by Crippen LogP contribution is 2.25. The summed E-state index contributed by atoms with van der Waals surface area (Å²) in [6, 6.07) is 22.5. The van der Waals surface area contributed by atoms with E-state index in [-0.39, 0.29) is 0 Å². The summed E-state index contributed by atoms with van der Waals surface area (Å²) in [4.78, 5) is 6.77. The maximum Gasteiger partial charge on any atom is 0.144 e. The van der Waals surface area contributed by atoms with Crippen molar-refractivity contribution in [2.75, 3.05) is 14.1 Å². The van der Waals surface area contributed by atoms with Crippen LogP contribution >= 0.6 is 0 Å². The third kappa shape index (κ3) is 3.86. The van der Waals surface area contributed by atoms with Crippen LogP contribution in [0, 0.1) is 0 Å². The highest BCUT2D eigenvalue weighted by molar-refractivity contribution is 5.82. The van der Waals surface area contributed by atoms with Gasteiger partial charge in [0.1, 0.15) is 18.0 Å². The minimum Gasteiger partial charge on any atom is -0.489 e. The molecular formula is C23H23N3O. The topological polar surface area (TPSA) is 30.3 Å². The number of hydrogen-bond acceptors (Lipinski definition) is 3. The summed E-state index contributed by atoms with van der Waals surface area (Å²) in [6.07, 6.45) is 4.02. The van der Waals surface area contributed by atoms with E-state index < -0.39 is 0 Å². The molecule has 0 atom stereocenters. The van der Waals surface area contributed by atoms with Crippen molar-refractivity contribution in [3.63, 3.8) is 0 Å². The van der Waals surface area contributed by atoms with Crippen LogP contribution in [-0.4, -0.2) is 28.5 Å². The van der Waals surface area contributed by atoms with Crippen LogP contribution in [0.25, 0.3) is 16.7 Å². The SMILES string of the molecule is CN(C)Cc1cn(-c2ccc(OCc3ccccc3)cc2)c2ncccc12. The Balaban J connectivity index is 1.58. The normalized spacial score (nSPS) is 11.2. The molecule has 0 saturated heterocycles. The van der Waals surface area contributed by atoms with Crippen LogP contribution in [0.4, 0.5) is 0 Å². The molecule has 0 spiro atoms. The fourth-order valence-corrected chi connectivity index (χ4v) is 3.23. The van der Waals surface area contributed by atoms with Gasteiger partial charge in [0, 0.05) is 30.0 Å². The number of pyridine rings is 1. The maximum atomic E-state index is 5.90. The van der Waals surface area contributed by atoms with Gasteiger partial charge < -0.3 is 14.2 Å². The van der Waals surface area contributed by atoms with Crippen LogP contribution < -0.4 is 4.74 Å². The monoisotopic (exact) mass is 357 g/mol. The zero-order valence-corrected chi connectivity index (χ0v) is 15.7. The lowest BCUT2D eigenvalue weighted by Gasteiger charge is -2.09. The second kappa shape index (κ2) is 7.64. The van der Waals surface area contributed by atoms with E-state index in [9.17, 15) is 0 Å². The standard InChI is InChI=1S/C23H23N3O/c1-25(2)15-19-16-26(23-22(19)9-6-14-24-23)20-10-12-21(13-11-20)27-17-18-7-4-3-5-8-18/h3-14,16H,15,17H2,1-2H3. The molecule has 2 aromatic carbocycles. The molecule has 0 fully saturated rings. The van der Waals surface area contributed by atoms with E-state index in [2.05, 4.69) is 65.1 Å². The minimum absolute atomic E-state index is 0.571. The average Bonchev–Trinajstić information content (AvgIpc) is 3.06. The molecule has 27 heavy (non-hydrogen) atoms. The Labute approximate surface area is 159 Å². The van der Waals surface area contributed by atoms with Crippen LogP contribution in [0.2, 0.25) is 0 Å². The van der Waals surface area contributed by atoms with Crippen LogP contribution in [0.3, 0.4) is 0 Å². The van der Waals surface area contributed by atoms with Crippen LogP contribution in [0.1, 0.15) is 11.1 Å². The predicted octanol–water partition coefficient (Wildman–Crippen LogP) is 4.67. The number of hydrogen-bond donors (Lipinski definition) is 0. The zero-order valence-electron chi connectivity index (χ0n) is 15.7. The molecule has 4 aromatic rings. The predicted molar refractivity (Wildman–Crippen MR) is 109 cm³/mol. The molecule has 4 heteroatoms. The molecule has 4 nitrogen and oxygen atoms in total. The van der Waals surface area contributed by atoms with Crippen LogP contribution in [0.5, 0.6) is 5.75 Å². The molecule has 0 bridgehead atoms. The summed E-state index contributed by atoms with van der Waals surface area (Å²) in [7, 11) is 4.16. The van der Waals surface area contributed by atoms with Crippen molar-refractivity contribution >= 4 is 11.0 Å². The number of nitrogens with zero attached hydrogens (tertiary/aromatic N) is 3. The van der Waals surface area contributed by atoms with Crippen molar-refractivity contribution < 1.29 is 4.74 Å². The molecule has 4 rings (SSSR count). The lowest BCUT2D eigenvalue weighted by Crippen LogP contribution is -2.10. The minimum atomic E-state index is 0.571. The Morgan fingerprint density at radius 1 is 0.926 bits per heavy atom. The largest absolute Gasteiger partial charge is 0.489 e. The van der Waals surface area contributed by atoms with E-state index in [0.29, 0.717) is 6.61 Å². The van der Waals surface area contributed by atoms with E-state index in [1.807, 2.05) is 42.6 Å². The van der Waals surface area contributed by atoms with Gasteiger partial charge in [0.2, 0.25) is 0 Å². The molecule has 0 aliphatic carbocycles. The molecule has 0 radical (unpaired) electrons. The van der Waals surface area contributed by atoms with E-state index in [0.717, 1.165) is 29.2 Å². The lowest BCUT2D eigenvalue weighted by atomic mass is 10.2. The van der Waals surface area contributed by atoms with Crippen molar-refractivity contribution in [3.8, 4) is 11.4 Å². The summed E-state index contributed by atoms with van der Waals surface area (Å²) in [5.41, 5.74) is 4.49. The van der Waals surface area contributed by atoms with Gasteiger partial charge in [-0.15, -0.1) is 0 Å². The molecule has 0 amide bonds. The van der Waals surface area contributed by atoms with Crippen molar-refractivity contribution in [1.82, 2.24) is 14.5 Å². The van der Waals surface area contributed by atoms with E-state index >= 15 is 0 Å². The third-order valence-electron chi connectivity index (χ3n) is 4.50. The van der Waals surface area contributed by atoms with Gasteiger partial charge in [-0.25, -0.2) is 4.98 Å². The first-order valence-electron chi connectivity index (χ1n) is 9.07. The van der Waals surface area contributed by atoms with Crippen molar-refractivity contribution in [2.24, 2.45) is 0 Å². The first-order valence-corrected chi connectivity index (χ1v) is 9.07. The highest BCUT2D eigenvalue weighted by atomic mass is 16.5. The Morgan fingerprint density at radius 2 is 1.70 bits per heavy atom. The Kier molecular flexibility index (Phi) is 4.90. The Bertz CT molecular complexity index is 1020. The summed E-state index contributed by atoms with van der Waals surface area (Å²) in [5, 5.41) is 1.19. The number of fused-ring (bicyclic) bond motifs is 1. The first-order chi connectivity index (χ1) is 13.2. The zero-order chi connectivity index (χ0) is 18.6. The van der Waals surface area contributed by atoms with Crippen molar-refractivity contribution in [3.05, 3.63) is 90.3 Å². The molecule has 0 unspecified atom stereocenters. The molecular weight excluding hydrogens is 334 g/mol. The van der Waals surface area contributed by atoms with Crippen molar-refractivity contribution in [1.29, 1.82) is 0 Å². The molecule has 2 aromatic heterocycles. The quantitative estimate of drug-likeness (QED) is 0.502. The molecule has 136 valence electrons. The number of ether oxygens (including phenoxy) is 1. The molecule has 0 aliphatic rings. The smallest absolute Gasteiger partial charge is 0.144 e. The molecule has 0 N–H and O–H groups in total. The fraction of sp³-hybridized carbons (Fsp3) is 0.174. The average molecular weight is 357 g/mol. The summed E-state index contributed by atoms with van der Waals surface area (Å²) < 4.78 is 8.04. The van der Waals surface area contributed by atoms with Gasteiger partial charge in [0.25, 0.3) is 0 Å². The lowest BCUT2D eigenvalue weighted by molar-refractivity contribution is 0.306. The van der Waals surface area contributed by atoms with Gasteiger partial charge in [-0.2, -0.15) is 0 Å². The second-order valence-corrected chi connectivity index (χ2v) is 6.90. The van der Waals surface area contributed by atoms with Crippen LogP contribution in [0.15, 0.2) is 79.1 Å². The number of aromatic nitrogens is 2. The van der Waals surface area contributed by atoms with Gasteiger partial charge >= 0.3 is 0 Å². The van der Waals surface area contributed by atoms with Crippen molar-refractivity contribution in [2.45, 2.75) is 13.2 Å². The van der Waals surface area contributed by atoms with Gasteiger partial charge in [-0.3, -0.25) is 0 Å². The molecule has 2 heterocycles.